The molecule has 4 aromatic rings. The van der Waals surface area contributed by atoms with Gasteiger partial charge in [0.2, 0.25) is 0 Å². The molecule has 208 valence electrons. The third kappa shape index (κ3) is 5.36. The molecule has 0 N–H and O–H groups in total. The van der Waals surface area contributed by atoms with Gasteiger partial charge in [-0.05, 0) is 53.6 Å². The third-order valence-electron chi connectivity index (χ3n) is 6.37. The predicted octanol–water partition coefficient (Wildman–Crippen LogP) is 6.74. The second-order valence-corrected chi connectivity index (χ2v) is 11.5. The van der Waals surface area contributed by atoms with Crippen LogP contribution in [0.4, 0.5) is 29.7 Å². The van der Waals surface area contributed by atoms with Gasteiger partial charge in [0.1, 0.15) is 18.1 Å². The van der Waals surface area contributed by atoms with E-state index < -0.39 is 21.8 Å². The van der Waals surface area contributed by atoms with Crippen LogP contribution in [0.3, 0.4) is 0 Å². The summed E-state index contributed by atoms with van der Waals surface area (Å²) in [5, 5.41) is 2.00. The number of aromatic nitrogens is 1. The standard InChI is InChI=1S/C28H24F3N3O4S2/c1-3-20-16-21(28(29,30)31)6-10-24(20)33-13-14-38-26-17-23(9-11-25(26)33)40(35,36)34(27-32-12-15-39-27)18-19-4-7-22(37-2)8-5-19/h3-12,15-17H,1,13-14,18H2,2H3. The lowest BCUT2D eigenvalue weighted by Crippen LogP contribution is -2.32. The Morgan fingerprint density at radius 3 is 2.52 bits per heavy atom. The molecular weight excluding hydrogens is 563 g/mol. The molecule has 1 aliphatic heterocycles. The first-order valence-electron chi connectivity index (χ1n) is 12.0. The summed E-state index contributed by atoms with van der Waals surface area (Å²) in [5.74, 6) is 0.947. The molecule has 2 heterocycles. The highest BCUT2D eigenvalue weighted by molar-refractivity contribution is 7.93. The van der Waals surface area contributed by atoms with Crippen molar-refractivity contribution in [2.24, 2.45) is 0 Å². The van der Waals surface area contributed by atoms with Crippen LogP contribution in [0.15, 0.2) is 83.7 Å². The summed E-state index contributed by atoms with van der Waals surface area (Å²) in [4.78, 5) is 6.02. The molecule has 0 bridgehead atoms. The average Bonchev–Trinajstić information content (AvgIpc) is 3.49. The third-order valence-corrected chi connectivity index (χ3v) is 9.01. The summed E-state index contributed by atoms with van der Waals surface area (Å²) in [5.41, 5.74) is 1.30. The van der Waals surface area contributed by atoms with E-state index in [1.165, 1.54) is 46.1 Å². The maximum absolute atomic E-state index is 13.9. The minimum Gasteiger partial charge on any atom is -0.497 e. The van der Waals surface area contributed by atoms with Gasteiger partial charge in [-0.2, -0.15) is 13.2 Å². The van der Waals surface area contributed by atoms with Crippen LogP contribution in [-0.2, 0) is 22.7 Å². The van der Waals surface area contributed by atoms with Crippen LogP contribution in [0.5, 0.6) is 11.5 Å². The summed E-state index contributed by atoms with van der Waals surface area (Å²) in [7, 11) is -2.53. The Bertz CT molecular complexity index is 1620. The van der Waals surface area contributed by atoms with Gasteiger partial charge in [0.25, 0.3) is 10.0 Å². The number of hydrogen-bond donors (Lipinski definition) is 0. The number of methoxy groups -OCH3 is 1. The van der Waals surface area contributed by atoms with Crippen molar-refractivity contribution in [3.8, 4) is 11.5 Å². The highest BCUT2D eigenvalue weighted by Gasteiger charge is 2.33. The van der Waals surface area contributed by atoms with Crippen LogP contribution in [0.2, 0.25) is 0 Å². The summed E-state index contributed by atoms with van der Waals surface area (Å²) in [6.07, 6.45) is -1.59. The number of hydrogen-bond acceptors (Lipinski definition) is 7. The number of benzene rings is 3. The fourth-order valence-corrected chi connectivity index (χ4v) is 6.66. The van der Waals surface area contributed by atoms with E-state index in [1.807, 2.05) is 0 Å². The highest BCUT2D eigenvalue weighted by Crippen LogP contribution is 2.42. The molecule has 5 rings (SSSR count). The summed E-state index contributed by atoms with van der Waals surface area (Å²) in [6.45, 7) is 4.28. The maximum Gasteiger partial charge on any atom is 0.416 e. The van der Waals surface area contributed by atoms with Gasteiger partial charge in [0.15, 0.2) is 5.13 Å². The number of thiazole rings is 1. The zero-order chi connectivity index (χ0) is 28.5. The van der Waals surface area contributed by atoms with Gasteiger partial charge >= 0.3 is 6.18 Å². The zero-order valence-electron chi connectivity index (χ0n) is 21.3. The van der Waals surface area contributed by atoms with Crippen molar-refractivity contribution < 1.29 is 31.1 Å². The molecule has 0 radical (unpaired) electrons. The van der Waals surface area contributed by atoms with E-state index in [2.05, 4.69) is 11.6 Å². The zero-order valence-corrected chi connectivity index (χ0v) is 22.9. The van der Waals surface area contributed by atoms with Gasteiger partial charge in [0.05, 0.1) is 36.3 Å². The predicted molar refractivity (Wildman–Crippen MR) is 149 cm³/mol. The number of nitrogens with zero attached hydrogens (tertiary/aromatic N) is 3. The van der Waals surface area contributed by atoms with Crippen LogP contribution >= 0.6 is 11.3 Å². The largest absolute Gasteiger partial charge is 0.497 e. The number of anilines is 3. The smallest absolute Gasteiger partial charge is 0.416 e. The maximum atomic E-state index is 13.9. The van der Waals surface area contributed by atoms with E-state index in [-0.39, 0.29) is 18.0 Å². The minimum absolute atomic E-state index is 0.00632. The van der Waals surface area contributed by atoms with E-state index in [1.54, 1.807) is 47.7 Å². The Morgan fingerprint density at radius 2 is 1.88 bits per heavy atom. The van der Waals surface area contributed by atoms with Crippen molar-refractivity contribution in [1.82, 2.24) is 4.98 Å². The molecule has 3 aromatic carbocycles. The van der Waals surface area contributed by atoms with Crippen molar-refractivity contribution in [2.45, 2.75) is 17.6 Å². The molecule has 0 fully saturated rings. The summed E-state index contributed by atoms with van der Waals surface area (Å²) < 4.78 is 79.9. The lowest BCUT2D eigenvalue weighted by molar-refractivity contribution is -0.137. The molecule has 0 saturated carbocycles. The van der Waals surface area contributed by atoms with Gasteiger partial charge in [-0.15, -0.1) is 11.3 Å². The summed E-state index contributed by atoms with van der Waals surface area (Å²) in [6, 6.07) is 15.0. The SMILES string of the molecule is C=Cc1cc(C(F)(F)F)ccc1N1CCOc2cc(S(=O)(=O)N(Cc3ccc(OC)cc3)c3nccs3)ccc21. The van der Waals surface area contributed by atoms with E-state index in [0.29, 0.717) is 40.1 Å². The van der Waals surface area contributed by atoms with Crippen molar-refractivity contribution in [3.63, 3.8) is 0 Å². The number of ether oxygens (including phenoxy) is 2. The van der Waals surface area contributed by atoms with Crippen LogP contribution < -0.4 is 18.7 Å². The second kappa shape index (κ2) is 10.9. The molecule has 12 heteroatoms. The molecule has 1 aliphatic rings. The highest BCUT2D eigenvalue weighted by atomic mass is 32.2. The first-order valence-corrected chi connectivity index (χ1v) is 14.4. The number of halogens is 3. The first kappa shape index (κ1) is 27.5. The van der Waals surface area contributed by atoms with Crippen LogP contribution in [0, 0.1) is 0 Å². The first-order chi connectivity index (χ1) is 19.1. The van der Waals surface area contributed by atoms with Gasteiger partial charge in [-0.25, -0.2) is 17.7 Å². The Balaban J connectivity index is 1.51. The van der Waals surface area contributed by atoms with Crippen molar-refractivity contribution in [1.29, 1.82) is 0 Å². The summed E-state index contributed by atoms with van der Waals surface area (Å²) >= 11 is 1.19. The second-order valence-electron chi connectivity index (χ2n) is 8.78. The van der Waals surface area contributed by atoms with Crippen molar-refractivity contribution in [3.05, 3.63) is 95.5 Å². The monoisotopic (exact) mass is 587 g/mol. The molecule has 0 saturated heterocycles. The van der Waals surface area contributed by atoms with Gasteiger partial charge in [0, 0.05) is 23.3 Å². The van der Waals surface area contributed by atoms with Crippen molar-refractivity contribution in [2.75, 3.05) is 29.5 Å². The molecule has 40 heavy (non-hydrogen) atoms. The van der Waals surface area contributed by atoms with Gasteiger partial charge < -0.3 is 14.4 Å². The number of fused-ring (bicyclic) bond motifs is 1. The lowest BCUT2D eigenvalue weighted by atomic mass is 10.1. The Labute approximate surface area is 233 Å². The minimum atomic E-state index is -4.49. The van der Waals surface area contributed by atoms with E-state index in [0.717, 1.165) is 17.7 Å². The lowest BCUT2D eigenvalue weighted by Gasteiger charge is -2.33. The van der Waals surface area contributed by atoms with Gasteiger partial charge in [-0.1, -0.05) is 24.8 Å². The molecule has 7 nitrogen and oxygen atoms in total. The molecule has 0 amide bonds. The van der Waals surface area contributed by atoms with E-state index in [4.69, 9.17) is 9.47 Å². The topological polar surface area (TPSA) is 72.0 Å². The molecule has 0 unspecified atom stereocenters. The molecule has 0 atom stereocenters. The average molecular weight is 588 g/mol. The fourth-order valence-electron chi connectivity index (χ4n) is 4.37. The number of sulfonamides is 1. The van der Waals surface area contributed by atoms with Crippen molar-refractivity contribution >= 4 is 43.9 Å². The molecule has 1 aromatic heterocycles. The van der Waals surface area contributed by atoms with E-state index in [9.17, 15) is 21.6 Å². The molecule has 0 aliphatic carbocycles. The molecular formula is C28H24F3N3O4S2. The van der Waals surface area contributed by atoms with E-state index >= 15 is 0 Å². The fraction of sp³-hybridized carbons (Fsp3) is 0.179. The quantitative estimate of drug-likeness (QED) is 0.227. The Hall–Kier alpha value is -4.03. The van der Waals surface area contributed by atoms with Crippen LogP contribution in [-0.4, -0.2) is 33.7 Å². The normalized spacial score (nSPS) is 13.3. The number of rotatable bonds is 8. The Morgan fingerprint density at radius 1 is 1.12 bits per heavy atom. The molecule has 0 spiro atoms. The Kier molecular flexibility index (Phi) is 7.47. The van der Waals surface area contributed by atoms with Gasteiger partial charge in [-0.3, -0.25) is 0 Å². The van der Waals surface area contributed by atoms with Crippen LogP contribution in [0.1, 0.15) is 16.7 Å². The number of alkyl halides is 3. The van der Waals surface area contributed by atoms with Crippen LogP contribution in [0.25, 0.3) is 6.08 Å².